The summed E-state index contributed by atoms with van der Waals surface area (Å²) in [6.45, 7) is 0.980. The Balaban J connectivity index is 0.000000370. The summed E-state index contributed by atoms with van der Waals surface area (Å²) in [6.07, 6.45) is -3.18. The van der Waals surface area contributed by atoms with E-state index in [9.17, 15) is 31.1 Å². The molecule has 3 N–H and O–H groups in total. The second kappa shape index (κ2) is 8.55. The molecule has 0 saturated heterocycles. The van der Waals surface area contributed by atoms with Gasteiger partial charge in [-0.25, -0.2) is 0 Å². The first-order chi connectivity index (χ1) is 11.4. The van der Waals surface area contributed by atoms with Crippen molar-refractivity contribution < 1.29 is 31.1 Å². The average molecular weight is 370 g/mol. The maximum Gasteiger partial charge on any atom is 0.416 e. The van der Waals surface area contributed by atoms with E-state index in [1.165, 1.54) is 32.1 Å². The summed E-state index contributed by atoms with van der Waals surface area (Å²) < 4.78 is 74.4. The van der Waals surface area contributed by atoms with E-state index in [1.54, 1.807) is 0 Å². The Hall–Kier alpha value is -1.77. The van der Waals surface area contributed by atoms with Crippen molar-refractivity contribution >= 4 is 11.6 Å². The van der Waals surface area contributed by atoms with Crippen LogP contribution in [0.15, 0.2) is 18.2 Å². The zero-order chi connectivity index (χ0) is 19.3. The van der Waals surface area contributed by atoms with E-state index in [-0.39, 0.29) is 6.07 Å². The number of nitrogens with two attached hydrogens (primary N) is 1. The van der Waals surface area contributed by atoms with Crippen molar-refractivity contribution in [2.75, 3.05) is 5.32 Å². The van der Waals surface area contributed by atoms with Gasteiger partial charge >= 0.3 is 12.4 Å². The minimum Gasteiger partial charge on any atom is -0.328 e. The van der Waals surface area contributed by atoms with Crippen molar-refractivity contribution in [3.63, 3.8) is 0 Å². The fraction of sp³-hybridized carbons (Fsp3) is 0.562. The summed E-state index contributed by atoms with van der Waals surface area (Å²) >= 11 is 0. The maximum atomic E-state index is 12.4. The number of hydrogen-bond acceptors (Lipinski definition) is 2. The number of carbonyl (C=O) groups is 1. The highest BCUT2D eigenvalue weighted by atomic mass is 19.4. The molecule has 0 unspecified atom stereocenters. The van der Waals surface area contributed by atoms with Crippen LogP contribution in [0.25, 0.3) is 0 Å². The number of amides is 1. The highest BCUT2D eigenvalue weighted by molar-refractivity contribution is 5.88. The van der Waals surface area contributed by atoms with Crippen LogP contribution < -0.4 is 11.1 Å². The summed E-state index contributed by atoms with van der Waals surface area (Å²) in [4.78, 5) is 10.7. The van der Waals surface area contributed by atoms with E-state index in [1.807, 2.05) is 5.32 Å². The van der Waals surface area contributed by atoms with Crippen LogP contribution in [0.3, 0.4) is 0 Å². The molecule has 0 atom stereocenters. The second-order valence-electron chi connectivity index (χ2n) is 5.87. The summed E-state index contributed by atoms with van der Waals surface area (Å²) in [5.41, 5.74) is 2.14. The first-order valence-electron chi connectivity index (χ1n) is 7.72. The molecule has 1 aliphatic carbocycles. The van der Waals surface area contributed by atoms with Gasteiger partial charge in [-0.1, -0.05) is 19.3 Å². The molecule has 1 aliphatic rings. The maximum absolute atomic E-state index is 12.4. The zero-order valence-electron chi connectivity index (χ0n) is 13.6. The quantitative estimate of drug-likeness (QED) is 0.687. The van der Waals surface area contributed by atoms with Gasteiger partial charge in [0.25, 0.3) is 0 Å². The van der Waals surface area contributed by atoms with Gasteiger partial charge in [0, 0.05) is 18.7 Å². The summed E-state index contributed by atoms with van der Waals surface area (Å²) in [7, 11) is 0. The smallest absolute Gasteiger partial charge is 0.328 e. The van der Waals surface area contributed by atoms with Crippen molar-refractivity contribution in [3.05, 3.63) is 29.3 Å². The van der Waals surface area contributed by atoms with Gasteiger partial charge in [-0.05, 0) is 31.0 Å². The van der Waals surface area contributed by atoms with Crippen LogP contribution >= 0.6 is 0 Å². The van der Waals surface area contributed by atoms with E-state index >= 15 is 0 Å². The van der Waals surface area contributed by atoms with E-state index in [4.69, 9.17) is 5.73 Å². The molecular weight excluding hydrogens is 350 g/mol. The molecule has 1 aromatic rings. The normalized spacial score (nSPS) is 16.0. The van der Waals surface area contributed by atoms with Crippen LogP contribution in [0.5, 0.6) is 0 Å². The SMILES string of the molecule is CC(=O)Nc1cc(C(F)(F)F)cc(C(F)(F)F)c1.NC1CCCCC1. The van der Waals surface area contributed by atoms with Gasteiger partial charge in [0.2, 0.25) is 5.91 Å². The molecular formula is C16H20F6N2O. The molecule has 0 aliphatic heterocycles. The van der Waals surface area contributed by atoms with Crippen molar-refractivity contribution in [2.24, 2.45) is 5.73 Å². The Labute approximate surface area is 141 Å². The van der Waals surface area contributed by atoms with Gasteiger partial charge < -0.3 is 11.1 Å². The van der Waals surface area contributed by atoms with E-state index in [0.29, 0.717) is 18.2 Å². The third-order valence-corrected chi connectivity index (χ3v) is 3.56. The Kier molecular flexibility index (Phi) is 7.28. The van der Waals surface area contributed by atoms with Gasteiger partial charge in [0.05, 0.1) is 11.1 Å². The first kappa shape index (κ1) is 21.3. The Morgan fingerprint density at radius 3 is 1.68 bits per heavy atom. The van der Waals surface area contributed by atoms with E-state index in [0.717, 1.165) is 6.92 Å². The predicted molar refractivity (Wildman–Crippen MR) is 81.8 cm³/mol. The molecule has 0 heterocycles. The number of hydrogen-bond donors (Lipinski definition) is 2. The van der Waals surface area contributed by atoms with E-state index < -0.39 is 35.1 Å². The predicted octanol–water partition coefficient (Wildman–Crippen LogP) is 4.96. The minimum atomic E-state index is -4.92. The average Bonchev–Trinajstić information content (AvgIpc) is 2.46. The van der Waals surface area contributed by atoms with Crippen molar-refractivity contribution in [1.29, 1.82) is 0 Å². The van der Waals surface area contributed by atoms with Gasteiger partial charge in [-0.15, -0.1) is 0 Å². The van der Waals surface area contributed by atoms with Gasteiger partial charge in [-0.3, -0.25) is 4.79 Å². The van der Waals surface area contributed by atoms with Gasteiger partial charge in [-0.2, -0.15) is 26.3 Å². The monoisotopic (exact) mass is 370 g/mol. The molecule has 1 amide bonds. The molecule has 0 aromatic heterocycles. The number of benzene rings is 1. The van der Waals surface area contributed by atoms with Crippen LogP contribution in [0.2, 0.25) is 0 Å². The zero-order valence-corrected chi connectivity index (χ0v) is 13.6. The molecule has 142 valence electrons. The third-order valence-electron chi connectivity index (χ3n) is 3.56. The highest BCUT2D eigenvalue weighted by Crippen LogP contribution is 2.37. The molecule has 3 nitrogen and oxygen atoms in total. The lowest BCUT2D eigenvalue weighted by molar-refractivity contribution is -0.143. The van der Waals surface area contributed by atoms with Crippen molar-refractivity contribution in [1.82, 2.24) is 0 Å². The lowest BCUT2D eigenvalue weighted by Gasteiger charge is -2.15. The Morgan fingerprint density at radius 1 is 0.960 bits per heavy atom. The summed E-state index contributed by atoms with van der Waals surface area (Å²) in [5, 5.41) is 1.89. The minimum absolute atomic E-state index is 0.00861. The molecule has 0 bridgehead atoms. The number of carbonyl (C=O) groups excluding carboxylic acids is 1. The first-order valence-corrected chi connectivity index (χ1v) is 7.72. The Morgan fingerprint density at radius 2 is 1.40 bits per heavy atom. The van der Waals surface area contributed by atoms with Gasteiger partial charge in [0.1, 0.15) is 0 Å². The molecule has 0 spiro atoms. The molecule has 9 heteroatoms. The molecule has 2 rings (SSSR count). The number of rotatable bonds is 1. The third kappa shape index (κ3) is 7.76. The molecule has 1 saturated carbocycles. The van der Waals surface area contributed by atoms with Crippen LogP contribution in [0, 0.1) is 0 Å². The summed E-state index contributed by atoms with van der Waals surface area (Å²) in [5.74, 6) is -0.762. The fourth-order valence-electron chi connectivity index (χ4n) is 2.36. The lowest BCUT2D eigenvalue weighted by atomic mass is 9.97. The standard InChI is InChI=1S/C10H7F6NO.C6H13N/c1-5(18)17-8-3-6(9(11,12)13)2-7(4-8)10(14,15)16;7-6-4-2-1-3-5-6/h2-4H,1H3,(H,17,18);6H,1-5,7H2. The van der Waals surface area contributed by atoms with Crippen LogP contribution in [0.4, 0.5) is 32.0 Å². The lowest BCUT2D eigenvalue weighted by Crippen LogP contribution is -2.22. The Bertz CT molecular complexity index is 545. The van der Waals surface area contributed by atoms with Gasteiger partial charge in [0.15, 0.2) is 0 Å². The summed E-state index contributed by atoms with van der Waals surface area (Å²) in [6, 6.07) is 1.41. The fourth-order valence-corrected chi connectivity index (χ4v) is 2.36. The van der Waals surface area contributed by atoms with Crippen LogP contribution in [0.1, 0.15) is 50.2 Å². The molecule has 1 fully saturated rings. The van der Waals surface area contributed by atoms with Crippen LogP contribution in [-0.4, -0.2) is 11.9 Å². The largest absolute Gasteiger partial charge is 0.416 e. The number of halogens is 6. The van der Waals surface area contributed by atoms with Crippen molar-refractivity contribution in [2.45, 2.75) is 57.4 Å². The van der Waals surface area contributed by atoms with Crippen molar-refractivity contribution in [3.8, 4) is 0 Å². The number of anilines is 1. The van der Waals surface area contributed by atoms with Crippen LogP contribution in [-0.2, 0) is 17.1 Å². The molecule has 25 heavy (non-hydrogen) atoms. The second-order valence-corrected chi connectivity index (χ2v) is 5.87. The molecule has 0 radical (unpaired) electrons. The highest BCUT2D eigenvalue weighted by Gasteiger charge is 2.36. The molecule has 1 aromatic carbocycles. The van der Waals surface area contributed by atoms with E-state index in [2.05, 4.69) is 0 Å². The number of alkyl halides is 6. The number of nitrogens with one attached hydrogen (secondary N) is 1. The topological polar surface area (TPSA) is 55.1 Å².